The van der Waals surface area contributed by atoms with Crippen molar-refractivity contribution in [2.45, 2.75) is 20.5 Å². The summed E-state index contributed by atoms with van der Waals surface area (Å²) in [6, 6.07) is 3.78. The lowest BCUT2D eigenvalue weighted by Gasteiger charge is -2.12. The van der Waals surface area contributed by atoms with Crippen LogP contribution in [0.4, 0.5) is 5.82 Å². The molecule has 0 atom stereocenters. The van der Waals surface area contributed by atoms with Crippen LogP contribution in [0.1, 0.15) is 16.8 Å². The molecule has 1 heterocycles. The Morgan fingerprint density at radius 1 is 1.24 bits per heavy atom. The molecule has 0 fully saturated rings. The Kier molecular flexibility index (Phi) is 5.00. The predicted molar refractivity (Wildman–Crippen MR) is 91.6 cm³/mol. The smallest absolute Gasteiger partial charge is 0.161 e. The first-order chi connectivity index (χ1) is 9.97. The van der Waals surface area contributed by atoms with E-state index in [-0.39, 0.29) is 0 Å². The van der Waals surface area contributed by atoms with Crippen molar-refractivity contribution in [3.05, 3.63) is 32.5 Å². The number of phenols is 1. The van der Waals surface area contributed by atoms with Crippen LogP contribution >= 0.6 is 22.6 Å². The Hall–Kier alpha value is -1.41. The van der Waals surface area contributed by atoms with Gasteiger partial charge < -0.3 is 15.2 Å². The first-order valence-corrected chi connectivity index (χ1v) is 7.59. The van der Waals surface area contributed by atoms with Crippen molar-refractivity contribution in [1.29, 1.82) is 0 Å². The van der Waals surface area contributed by atoms with Gasteiger partial charge in [0.25, 0.3) is 0 Å². The monoisotopic (exact) mass is 399 g/mol. The molecule has 112 valence electrons. The van der Waals surface area contributed by atoms with Gasteiger partial charge in [-0.1, -0.05) is 0 Å². The van der Waals surface area contributed by atoms with E-state index in [4.69, 9.17) is 4.74 Å². The highest BCUT2D eigenvalue weighted by atomic mass is 127. The molecule has 0 saturated heterocycles. The van der Waals surface area contributed by atoms with Gasteiger partial charge in [-0.05, 0) is 59.7 Å². The number of halogens is 1. The Morgan fingerprint density at radius 2 is 1.86 bits per heavy atom. The molecular formula is C15H18IN3O2. The lowest BCUT2D eigenvalue weighted by atomic mass is 10.1. The summed E-state index contributed by atoms with van der Waals surface area (Å²) in [6.07, 6.45) is 0. The van der Waals surface area contributed by atoms with Crippen molar-refractivity contribution in [2.75, 3.05) is 19.5 Å². The number of aromatic nitrogens is 2. The van der Waals surface area contributed by atoms with Crippen LogP contribution < -0.4 is 5.32 Å². The van der Waals surface area contributed by atoms with Gasteiger partial charge in [0.05, 0.1) is 15.9 Å². The van der Waals surface area contributed by atoms with E-state index in [1.165, 1.54) is 0 Å². The second kappa shape index (κ2) is 6.57. The van der Waals surface area contributed by atoms with Crippen LogP contribution in [0.2, 0.25) is 0 Å². The highest BCUT2D eigenvalue weighted by molar-refractivity contribution is 14.1. The van der Waals surface area contributed by atoms with Gasteiger partial charge in [0.2, 0.25) is 0 Å². The fraction of sp³-hybridized carbons (Fsp3) is 0.333. The van der Waals surface area contributed by atoms with Crippen LogP contribution in [0.25, 0.3) is 11.4 Å². The second-order valence-corrected chi connectivity index (χ2v) is 5.88. The van der Waals surface area contributed by atoms with E-state index in [1.54, 1.807) is 7.11 Å². The summed E-state index contributed by atoms with van der Waals surface area (Å²) in [5, 5.41) is 13.0. The van der Waals surface area contributed by atoms with Crippen molar-refractivity contribution >= 4 is 28.4 Å². The molecule has 0 bridgehead atoms. The van der Waals surface area contributed by atoms with Crippen LogP contribution in [-0.2, 0) is 11.3 Å². The van der Waals surface area contributed by atoms with Crippen molar-refractivity contribution in [3.63, 3.8) is 0 Å². The summed E-state index contributed by atoms with van der Waals surface area (Å²) in [5.74, 6) is 1.71. The van der Waals surface area contributed by atoms with Crippen LogP contribution in [0.5, 0.6) is 5.75 Å². The molecule has 1 aromatic carbocycles. The zero-order chi connectivity index (χ0) is 15.6. The van der Waals surface area contributed by atoms with E-state index in [0.717, 1.165) is 31.8 Å². The molecule has 0 unspecified atom stereocenters. The molecule has 0 saturated carbocycles. The number of phenolic OH excluding ortho intramolecular Hbond substituents is 1. The lowest BCUT2D eigenvalue weighted by molar-refractivity contribution is 0.181. The lowest BCUT2D eigenvalue weighted by Crippen LogP contribution is -2.06. The third kappa shape index (κ3) is 3.26. The van der Waals surface area contributed by atoms with Gasteiger partial charge in [-0.2, -0.15) is 0 Å². The van der Waals surface area contributed by atoms with Gasteiger partial charge in [-0.25, -0.2) is 9.97 Å². The number of methoxy groups -OCH3 is 1. The van der Waals surface area contributed by atoms with Gasteiger partial charge in [-0.15, -0.1) is 0 Å². The number of aromatic hydroxyl groups is 1. The molecule has 0 aliphatic carbocycles. The fourth-order valence-electron chi connectivity index (χ4n) is 2.11. The number of nitrogens with one attached hydrogen (secondary N) is 1. The van der Waals surface area contributed by atoms with Crippen molar-refractivity contribution in [1.82, 2.24) is 9.97 Å². The number of hydrogen-bond acceptors (Lipinski definition) is 5. The topological polar surface area (TPSA) is 67.3 Å². The van der Waals surface area contributed by atoms with E-state index in [9.17, 15) is 5.11 Å². The normalized spacial score (nSPS) is 10.7. The molecule has 5 nitrogen and oxygen atoms in total. The number of nitrogens with zero attached hydrogens (tertiary/aromatic N) is 2. The van der Waals surface area contributed by atoms with Crippen molar-refractivity contribution in [3.8, 4) is 17.1 Å². The maximum Gasteiger partial charge on any atom is 0.161 e. The van der Waals surface area contributed by atoms with Crippen molar-refractivity contribution in [2.24, 2.45) is 0 Å². The molecule has 2 rings (SSSR count). The van der Waals surface area contributed by atoms with Gasteiger partial charge in [0, 0.05) is 19.7 Å². The highest BCUT2D eigenvalue weighted by Crippen LogP contribution is 2.29. The Labute approximate surface area is 137 Å². The predicted octanol–water partition coefficient (Wildman–Crippen LogP) is 3.26. The van der Waals surface area contributed by atoms with Gasteiger partial charge >= 0.3 is 0 Å². The second-order valence-electron chi connectivity index (χ2n) is 4.80. The number of rotatable bonds is 4. The average molecular weight is 399 g/mol. The average Bonchev–Trinajstić information content (AvgIpc) is 2.46. The fourth-order valence-corrected chi connectivity index (χ4v) is 2.77. The quantitative estimate of drug-likeness (QED) is 0.773. The van der Waals surface area contributed by atoms with E-state index >= 15 is 0 Å². The number of benzene rings is 1. The van der Waals surface area contributed by atoms with Crippen LogP contribution in [0.15, 0.2) is 12.1 Å². The van der Waals surface area contributed by atoms with E-state index in [1.807, 2.05) is 33.0 Å². The Morgan fingerprint density at radius 3 is 2.38 bits per heavy atom. The molecule has 0 radical (unpaired) electrons. The van der Waals surface area contributed by atoms with Crippen molar-refractivity contribution < 1.29 is 9.84 Å². The zero-order valence-electron chi connectivity index (χ0n) is 12.5. The maximum absolute atomic E-state index is 9.89. The minimum atomic E-state index is 0.315. The molecule has 0 aliphatic rings. The number of hydrogen-bond donors (Lipinski definition) is 2. The molecule has 0 aliphatic heterocycles. The summed E-state index contributed by atoms with van der Waals surface area (Å²) in [6.45, 7) is 4.17. The molecule has 2 aromatic rings. The SMILES string of the molecule is CNc1nc(-c2cc(C)c(O)c(C)c2)nc(COC)c1I. The third-order valence-electron chi connectivity index (χ3n) is 3.19. The van der Waals surface area contributed by atoms with E-state index in [0.29, 0.717) is 18.2 Å². The first kappa shape index (κ1) is 16.0. The summed E-state index contributed by atoms with van der Waals surface area (Å²) >= 11 is 2.21. The van der Waals surface area contributed by atoms with Gasteiger partial charge in [0.1, 0.15) is 11.6 Å². The highest BCUT2D eigenvalue weighted by Gasteiger charge is 2.14. The van der Waals surface area contributed by atoms with E-state index in [2.05, 4.69) is 37.9 Å². The molecule has 2 N–H and O–H groups in total. The molecule has 0 amide bonds. The molecule has 0 spiro atoms. The summed E-state index contributed by atoms with van der Waals surface area (Å²) < 4.78 is 6.15. The summed E-state index contributed by atoms with van der Waals surface area (Å²) in [7, 11) is 3.48. The van der Waals surface area contributed by atoms with Gasteiger partial charge in [-0.3, -0.25) is 0 Å². The standard InChI is InChI=1S/C15H18IN3O2/c1-8-5-10(6-9(2)13(8)20)14-18-11(7-21-4)12(16)15(17-3)19-14/h5-6,20H,7H2,1-4H3,(H,17,18,19). The van der Waals surface area contributed by atoms with Crippen LogP contribution in [0, 0.1) is 17.4 Å². The Bertz CT molecular complexity index is 651. The minimum absolute atomic E-state index is 0.315. The number of aryl methyl sites for hydroxylation is 2. The first-order valence-electron chi connectivity index (χ1n) is 6.51. The number of ether oxygens (including phenoxy) is 1. The minimum Gasteiger partial charge on any atom is -0.507 e. The molecular weight excluding hydrogens is 381 g/mol. The molecule has 21 heavy (non-hydrogen) atoms. The van der Waals surface area contributed by atoms with Crippen LogP contribution in [-0.4, -0.2) is 29.2 Å². The van der Waals surface area contributed by atoms with Crippen LogP contribution in [0.3, 0.4) is 0 Å². The molecule has 6 heteroatoms. The Balaban J connectivity index is 2.60. The third-order valence-corrected chi connectivity index (χ3v) is 4.32. The summed E-state index contributed by atoms with van der Waals surface area (Å²) in [5.41, 5.74) is 3.35. The van der Waals surface area contributed by atoms with E-state index < -0.39 is 0 Å². The molecule has 1 aromatic heterocycles. The number of anilines is 1. The zero-order valence-corrected chi connectivity index (χ0v) is 14.6. The van der Waals surface area contributed by atoms with Gasteiger partial charge in [0.15, 0.2) is 5.82 Å². The maximum atomic E-state index is 9.89. The largest absolute Gasteiger partial charge is 0.507 e. The summed E-state index contributed by atoms with van der Waals surface area (Å²) in [4.78, 5) is 9.14.